The molecule has 32 heavy (non-hydrogen) atoms. The number of guanidine groups is 1. The zero-order valence-electron chi connectivity index (χ0n) is 18.7. The number of aromatic nitrogens is 1. The van der Waals surface area contributed by atoms with Gasteiger partial charge in [-0.25, -0.2) is 0 Å². The van der Waals surface area contributed by atoms with Gasteiger partial charge in [-0.2, -0.15) is 5.26 Å². The predicted molar refractivity (Wildman–Crippen MR) is 128 cm³/mol. The zero-order chi connectivity index (χ0) is 23.2. The van der Waals surface area contributed by atoms with Crippen molar-refractivity contribution in [1.29, 1.82) is 5.26 Å². The monoisotopic (exact) mass is 433 g/mol. The molecule has 2 rings (SSSR count). The van der Waals surface area contributed by atoms with Crippen LogP contribution in [0.2, 0.25) is 0 Å². The van der Waals surface area contributed by atoms with E-state index in [2.05, 4.69) is 40.5 Å². The van der Waals surface area contributed by atoms with Gasteiger partial charge in [0.2, 0.25) is 5.96 Å². The highest BCUT2D eigenvalue weighted by Gasteiger charge is 2.08. The Hall–Kier alpha value is -3.66. The van der Waals surface area contributed by atoms with E-state index < -0.39 is 5.97 Å². The Morgan fingerprint density at radius 2 is 2.03 bits per heavy atom. The van der Waals surface area contributed by atoms with Crippen LogP contribution in [0.4, 0.5) is 5.69 Å². The Labute approximate surface area is 189 Å². The molecule has 0 bridgehead atoms. The smallest absolute Gasteiger partial charge is 0.303 e. The lowest BCUT2D eigenvalue weighted by Crippen LogP contribution is -2.27. The van der Waals surface area contributed by atoms with Gasteiger partial charge >= 0.3 is 5.97 Å². The van der Waals surface area contributed by atoms with E-state index in [-0.39, 0.29) is 6.42 Å². The SMILES string of the molecule is CC(C)CN=C(NC#N)Nc1cccc(/C(=C\CCCCCC(=O)O)c2cccnc2)c1. The Morgan fingerprint density at radius 3 is 2.72 bits per heavy atom. The molecule has 0 saturated carbocycles. The van der Waals surface area contributed by atoms with Crippen molar-refractivity contribution in [3.05, 3.63) is 66.0 Å². The molecule has 0 spiro atoms. The number of pyridine rings is 1. The van der Waals surface area contributed by atoms with Crippen molar-refractivity contribution in [2.75, 3.05) is 11.9 Å². The fourth-order valence-corrected chi connectivity index (χ4v) is 3.11. The van der Waals surface area contributed by atoms with Crippen LogP contribution in [0.3, 0.4) is 0 Å². The van der Waals surface area contributed by atoms with Crippen LogP contribution in [0.25, 0.3) is 5.57 Å². The maximum Gasteiger partial charge on any atom is 0.303 e. The van der Waals surface area contributed by atoms with Crippen LogP contribution in [-0.4, -0.2) is 28.6 Å². The van der Waals surface area contributed by atoms with Crippen LogP contribution in [0.5, 0.6) is 0 Å². The highest BCUT2D eigenvalue weighted by molar-refractivity contribution is 5.95. The third kappa shape index (κ3) is 9.00. The normalized spacial score (nSPS) is 11.8. The van der Waals surface area contributed by atoms with Gasteiger partial charge < -0.3 is 10.4 Å². The molecule has 0 unspecified atom stereocenters. The molecule has 2 aromatic rings. The summed E-state index contributed by atoms with van der Waals surface area (Å²) in [6, 6.07) is 11.9. The number of anilines is 1. The summed E-state index contributed by atoms with van der Waals surface area (Å²) in [5.41, 5.74) is 3.92. The Kier molecular flexibility index (Phi) is 10.5. The number of aliphatic imine (C=N–C) groups is 1. The van der Waals surface area contributed by atoms with E-state index in [4.69, 9.17) is 10.4 Å². The van der Waals surface area contributed by atoms with Gasteiger partial charge in [0.15, 0.2) is 6.19 Å². The summed E-state index contributed by atoms with van der Waals surface area (Å²) in [5, 5.41) is 23.6. The number of carboxylic acids is 1. The maximum absolute atomic E-state index is 10.7. The summed E-state index contributed by atoms with van der Waals surface area (Å²) < 4.78 is 0. The van der Waals surface area contributed by atoms with Crippen LogP contribution in [0.15, 0.2) is 59.9 Å². The molecule has 0 radical (unpaired) electrons. The average molecular weight is 434 g/mol. The van der Waals surface area contributed by atoms with Gasteiger partial charge in [0.25, 0.3) is 0 Å². The molecule has 0 fully saturated rings. The second-order valence-corrected chi connectivity index (χ2v) is 7.88. The van der Waals surface area contributed by atoms with Crippen molar-refractivity contribution in [3.8, 4) is 6.19 Å². The lowest BCUT2D eigenvalue weighted by molar-refractivity contribution is -0.137. The Morgan fingerprint density at radius 1 is 1.22 bits per heavy atom. The number of nitrogens with one attached hydrogen (secondary N) is 2. The third-order valence-electron chi connectivity index (χ3n) is 4.64. The van der Waals surface area contributed by atoms with E-state index in [0.717, 1.165) is 41.6 Å². The molecule has 7 heteroatoms. The lowest BCUT2D eigenvalue weighted by atomic mass is 9.97. The summed E-state index contributed by atoms with van der Waals surface area (Å²) in [7, 11) is 0. The largest absolute Gasteiger partial charge is 0.481 e. The first-order valence-corrected chi connectivity index (χ1v) is 10.9. The number of nitriles is 1. The molecule has 1 aromatic carbocycles. The number of carbonyl (C=O) groups is 1. The van der Waals surface area contributed by atoms with E-state index in [1.807, 2.05) is 48.8 Å². The van der Waals surface area contributed by atoms with E-state index in [1.165, 1.54) is 0 Å². The highest BCUT2D eigenvalue weighted by Crippen LogP contribution is 2.26. The maximum atomic E-state index is 10.7. The van der Waals surface area contributed by atoms with Gasteiger partial charge in [0.05, 0.1) is 0 Å². The molecule has 0 aliphatic rings. The van der Waals surface area contributed by atoms with Gasteiger partial charge in [-0.1, -0.05) is 44.5 Å². The fraction of sp³-hybridized carbons (Fsp3) is 0.360. The minimum absolute atomic E-state index is 0.213. The summed E-state index contributed by atoms with van der Waals surface area (Å²) in [6.45, 7) is 4.75. The number of hydrogen-bond donors (Lipinski definition) is 3. The van der Waals surface area contributed by atoms with Crippen molar-refractivity contribution >= 4 is 23.2 Å². The molecule has 1 aromatic heterocycles. The Bertz CT molecular complexity index is 962. The van der Waals surface area contributed by atoms with E-state index in [9.17, 15) is 4.79 Å². The predicted octanol–water partition coefficient (Wildman–Crippen LogP) is 5.04. The van der Waals surface area contributed by atoms with E-state index in [0.29, 0.717) is 24.8 Å². The molecule has 0 aliphatic heterocycles. The zero-order valence-corrected chi connectivity index (χ0v) is 18.7. The number of benzene rings is 1. The number of unbranched alkanes of at least 4 members (excludes halogenated alkanes) is 3. The molecule has 0 amide bonds. The average Bonchev–Trinajstić information content (AvgIpc) is 2.77. The van der Waals surface area contributed by atoms with Gasteiger partial charge in [-0.3, -0.25) is 20.1 Å². The fourth-order valence-electron chi connectivity index (χ4n) is 3.11. The Balaban J connectivity index is 2.21. The topological polar surface area (TPSA) is 110 Å². The van der Waals surface area contributed by atoms with Crippen molar-refractivity contribution in [2.45, 2.75) is 46.0 Å². The number of aliphatic carboxylic acids is 1. The standard InChI is InChI=1S/C25H31N5O2/c1-19(2)16-28-25(29-18-26)30-22-11-7-9-20(15-22)23(21-10-8-14-27-17-21)12-5-3-4-6-13-24(31)32/h7-12,14-15,17,19H,3-6,13,16H2,1-2H3,(H,31,32)(H2,28,29,30)/b23-12+. The number of allylic oxidation sites excluding steroid dienone is 1. The first kappa shape index (κ1) is 24.6. The number of hydrogen-bond acceptors (Lipinski definition) is 4. The van der Waals surface area contributed by atoms with Crippen molar-refractivity contribution in [1.82, 2.24) is 10.3 Å². The van der Waals surface area contributed by atoms with Gasteiger partial charge in [0, 0.05) is 36.6 Å². The van der Waals surface area contributed by atoms with E-state index in [1.54, 1.807) is 6.20 Å². The van der Waals surface area contributed by atoms with Crippen LogP contribution in [0.1, 0.15) is 57.1 Å². The molecular weight excluding hydrogens is 402 g/mol. The number of rotatable bonds is 11. The second-order valence-electron chi connectivity index (χ2n) is 7.88. The van der Waals surface area contributed by atoms with E-state index >= 15 is 0 Å². The van der Waals surface area contributed by atoms with Crippen LogP contribution in [-0.2, 0) is 4.79 Å². The van der Waals surface area contributed by atoms with Gasteiger partial charge in [-0.05, 0) is 54.5 Å². The quantitative estimate of drug-likeness (QED) is 0.150. The summed E-state index contributed by atoms with van der Waals surface area (Å²) in [5.74, 6) is 0.0565. The van der Waals surface area contributed by atoms with Crippen molar-refractivity contribution < 1.29 is 9.90 Å². The minimum Gasteiger partial charge on any atom is -0.481 e. The molecular formula is C25H31N5O2. The highest BCUT2D eigenvalue weighted by atomic mass is 16.4. The van der Waals surface area contributed by atoms with Crippen LogP contribution < -0.4 is 10.6 Å². The molecule has 168 valence electrons. The molecule has 7 nitrogen and oxygen atoms in total. The molecule has 0 atom stereocenters. The van der Waals surface area contributed by atoms with Crippen molar-refractivity contribution in [2.24, 2.45) is 10.9 Å². The van der Waals surface area contributed by atoms with Crippen molar-refractivity contribution in [3.63, 3.8) is 0 Å². The number of carboxylic acid groups (broad SMARTS) is 1. The summed E-state index contributed by atoms with van der Waals surface area (Å²) in [6.07, 6.45) is 11.2. The van der Waals surface area contributed by atoms with Gasteiger partial charge in [0.1, 0.15) is 0 Å². The lowest BCUT2D eigenvalue weighted by Gasteiger charge is -2.13. The molecule has 3 N–H and O–H groups in total. The number of nitrogens with zero attached hydrogens (tertiary/aromatic N) is 3. The molecule has 0 aliphatic carbocycles. The molecule has 0 saturated heterocycles. The first-order valence-electron chi connectivity index (χ1n) is 10.9. The van der Waals surface area contributed by atoms with Gasteiger partial charge in [-0.15, -0.1) is 0 Å². The van der Waals surface area contributed by atoms with Crippen LogP contribution in [0, 0.1) is 17.4 Å². The second kappa shape index (κ2) is 13.6. The van der Waals surface area contributed by atoms with Crippen LogP contribution >= 0.6 is 0 Å². The molecule has 1 heterocycles. The summed E-state index contributed by atoms with van der Waals surface area (Å²) in [4.78, 5) is 19.4. The minimum atomic E-state index is -0.747. The first-order chi connectivity index (χ1) is 15.5. The summed E-state index contributed by atoms with van der Waals surface area (Å²) >= 11 is 0. The third-order valence-corrected chi connectivity index (χ3v) is 4.64.